The van der Waals surface area contributed by atoms with Crippen LogP contribution in [0.1, 0.15) is 11.3 Å². The number of imidazole rings is 1. The lowest BCUT2D eigenvalue weighted by Crippen LogP contribution is -2.10. The summed E-state index contributed by atoms with van der Waals surface area (Å²) >= 11 is 5.85. The summed E-state index contributed by atoms with van der Waals surface area (Å²) in [7, 11) is 1.95. The van der Waals surface area contributed by atoms with Crippen LogP contribution in [0.25, 0.3) is 0 Å². The zero-order valence-corrected chi connectivity index (χ0v) is 10.6. The van der Waals surface area contributed by atoms with E-state index in [9.17, 15) is 0 Å². The molecule has 0 unspecified atom stereocenters. The summed E-state index contributed by atoms with van der Waals surface area (Å²) in [6.45, 7) is 1.79. The molecule has 0 atom stereocenters. The maximum atomic E-state index is 5.85. The summed E-state index contributed by atoms with van der Waals surface area (Å²) in [5.74, 6) is 0. The molecule has 0 saturated heterocycles. The molecule has 1 N–H and O–H groups in total. The normalized spacial score (nSPS) is 10.7. The van der Waals surface area contributed by atoms with E-state index in [2.05, 4.69) is 21.1 Å². The predicted molar refractivity (Wildman–Crippen MR) is 70.4 cm³/mol. The van der Waals surface area contributed by atoms with Crippen LogP contribution in [0.2, 0.25) is 5.02 Å². The van der Waals surface area contributed by atoms with Crippen molar-refractivity contribution >= 4 is 11.6 Å². The maximum absolute atomic E-state index is 5.85. The molecule has 1 aromatic carbocycles. The molecular weight excluding hydrogens is 234 g/mol. The highest BCUT2D eigenvalue weighted by atomic mass is 35.5. The molecule has 2 rings (SSSR count). The van der Waals surface area contributed by atoms with Crippen LogP contribution in [0, 0.1) is 0 Å². The van der Waals surface area contributed by atoms with Crippen molar-refractivity contribution in [3.8, 4) is 0 Å². The van der Waals surface area contributed by atoms with Gasteiger partial charge in [0.05, 0.1) is 12.0 Å². The molecule has 0 aliphatic heterocycles. The van der Waals surface area contributed by atoms with E-state index >= 15 is 0 Å². The molecule has 0 bridgehead atoms. The van der Waals surface area contributed by atoms with Gasteiger partial charge < -0.3 is 9.88 Å². The van der Waals surface area contributed by atoms with Gasteiger partial charge in [-0.15, -0.1) is 0 Å². The fourth-order valence-electron chi connectivity index (χ4n) is 1.68. The van der Waals surface area contributed by atoms with Gasteiger partial charge in [-0.05, 0) is 24.7 Å². The predicted octanol–water partition coefficient (Wildman–Crippen LogP) is 2.35. The van der Waals surface area contributed by atoms with E-state index in [0.717, 1.165) is 30.2 Å². The molecule has 0 aliphatic rings. The van der Waals surface area contributed by atoms with Crippen molar-refractivity contribution in [2.24, 2.45) is 0 Å². The van der Waals surface area contributed by atoms with Gasteiger partial charge in [0.25, 0.3) is 0 Å². The number of rotatable bonds is 5. The first-order valence-corrected chi connectivity index (χ1v) is 6.05. The number of hydrogen-bond acceptors (Lipinski definition) is 2. The van der Waals surface area contributed by atoms with Gasteiger partial charge in [-0.25, -0.2) is 4.98 Å². The summed E-state index contributed by atoms with van der Waals surface area (Å²) < 4.78 is 2.09. The van der Waals surface area contributed by atoms with Crippen LogP contribution in [0.15, 0.2) is 36.8 Å². The van der Waals surface area contributed by atoms with Gasteiger partial charge in [-0.1, -0.05) is 23.7 Å². The average molecular weight is 250 g/mol. The Balaban J connectivity index is 1.98. The Bertz CT molecular complexity index is 462. The van der Waals surface area contributed by atoms with E-state index in [1.54, 1.807) is 0 Å². The van der Waals surface area contributed by atoms with Crippen molar-refractivity contribution in [3.05, 3.63) is 53.1 Å². The van der Waals surface area contributed by atoms with Crippen molar-refractivity contribution in [2.45, 2.75) is 13.0 Å². The quantitative estimate of drug-likeness (QED) is 0.882. The molecule has 2 aromatic rings. The summed E-state index contributed by atoms with van der Waals surface area (Å²) in [6, 6.07) is 7.90. The van der Waals surface area contributed by atoms with Crippen LogP contribution < -0.4 is 5.32 Å². The van der Waals surface area contributed by atoms with Gasteiger partial charge >= 0.3 is 0 Å². The maximum Gasteiger partial charge on any atom is 0.0952 e. The topological polar surface area (TPSA) is 29.9 Å². The summed E-state index contributed by atoms with van der Waals surface area (Å²) in [6.07, 6.45) is 4.93. The first-order valence-electron chi connectivity index (χ1n) is 5.67. The third-order valence-electron chi connectivity index (χ3n) is 2.60. The van der Waals surface area contributed by atoms with E-state index < -0.39 is 0 Å². The lowest BCUT2D eigenvalue weighted by molar-refractivity contribution is 0.774. The molecule has 0 aliphatic carbocycles. The average Bonchev–Trinajstić information content (AvgIpc) is 2.77. The molecule has 0 saturated carbocycles. The molecule has 1 aromatic heterocycles. The molecule has 1 heterocycles. The summed E-state index contributed by atoms with van der Waals surface area (Å²) in [5.41, 5.74) is 2.35. The van der Waals surface area contributed by atoms with Gasteiger partial charge in [-0.3, -0.25) is 0 Å². The van der Waals surface area contributed by atoms with Crippen molar-refractivity contribution in [2.75, 3.05) is 13.6 Å². The highest BCUT2D eigenvalue weighted by Gasteiger charge is 1.99. The molecule has 17 heavy (non-hydrogen) atoms. The van der Waals surface area contributed by atoms with Crippen LogP contribution >= 0.6 is 11.6 Å². The monoisotopic (exact) mass is 249 g/mol. The summed E-state index contributed by atoms with van der Waals surface area (Å²) in [4.78, 5) is 4.36. The SMILES string of the molecule is CNCCc1cn(Cc2ccc(Cl)cc2)cn1. The Kier molecular flexibility index (Phi) is 4.18. The molecule has 4 heteroatoms. The van der Waals surface area contributed by atoms with E-state index in [0.29, 0.717) is 0 Å². The Morgan fingerprint density at radius 2 is 2.06 bits per heavy atom. The number of aromatic nitrogens is 2. The molecular formula is C13H16ClN3. The zero-order valence-electron chi connectivity index (χ0n) is 9.86. The largest absolute Gasteiger partial charge is 0.333 e. The Morgan fingerprint density at radius 3 is 2.76 bits per heavy atom. The molecule has 0 fully saturated rings. The van der Waals surface area contributed by atoms with Crippen LogP contribution in [0.4, 0.5) is 0 Å². The molecule has 3 nitrogen and oxygen atoms in total. The molecule has 0 amide bonds. The van der Waals surface area contributed by atoms with Gasteiger partial charge in [0.15, 0.2) is 0 Å². The molecule has 0 spiro atoms. The number of likely N-dealkylation sites (N-methyl/N-ethyl adjacent to an activating group) is 1. The third-order valence-corrected chi connectivity index (χ3v) is 2.85. The van der Waals surface area contributed by atoms with Crippen molar-refractivity contribution in [3.63, 3.8) is 0 Å². The van der Waals surface area contributed by atoms with E-state index in [-0.39, 0.29) is 0 Å². The summed E-state index contributed by atoms with van der Waals surface area (Å²) in [5, 5.41) is 3.89. The van der Waals surface area contributed by atoms with Crippen molar-refractivity contribution < 1.29 is 0 Å². The second kappa shape index (κ2) is 5.84. The lowest BCUT2D eigenvalue weighted by atomic mass is 10.2. The second-order valence-corrected chi connectivity index (χ2v) is 4.45. The lowest BCUT2D eigenvalue weighted by Gasteiger charge is -2.02. The second-order valence-electron chi connectivity index (χ2n) is 4.02. The minimum Gasteiger partial charge on any atom is -0.333 e. The van der Waals surface area contributed by atoms with Crippen LogP contribution in [-0.4, -0.2) is 23.1 Å². The first-order chi connectivity index (χ1) is 8.28. The minimum atomic E-state index is 0.772. The fraction of sp³-hybridized carbons (Fsp3) is 0.308. The smallest absolute Gasteiger partial charge is 0.0952 e. The van der Waals surface area contributed by atoms with Gasteiger partial charge in [0.1, 0.15) is 0 Å². The van der Waals surface area contributed by atoms with Crippen LogP contribution in [-0.2, 0) is 13.0 Å². The first kappa shape index (κ1) is 12.1. The van der Waals surface area contributed by atoms with Crippen molar-refractivity contribution in [1.82, 2.24) is 14.9 Å². The number of benzene rings is 1. The standard InChI is InChI=1S/C13H16ClN3/c1-15-7-6-13-9-17(10-16-13)8-11-2-4-12(14)5-3-11/h2-5,9-10,15H,6-8H2,1H3. The van der Waals surface area contributed by atoms with Crippen LogP contribution in [0.5, 0.6) is 0 Å². The molecule has 0 radical (unpaired) electrons. The van der Waals surface area contributed by atoms with E-state index in [1.807, 2.05) is 37.6 Å². The number of nitrogens with zero attached hydrogens (tertiary/aromatic N) is 2. The fourth-order valence-corrected chi connectivity index (χ4v) is 1.80. The Labute approximate surface area is 106 Å². The Morgan fingerprint density at radius 1 is 1.29 bits per heavy atom. The molecule has 90 valence electrons. The minimum absolute atomic E-state index is 0.772. The van der Waals surface area contributed by atoms with Gasteiger partial charge in [0, 0.05) is 30.7 Å². The Hall–Kier alpha value is -1.32. The third kappa shape index (κ3) is 3.58. The number of nitrogens with one attached hydrogen (secondary N) is 1. The van der Waals surface area contributed by atoms with E-state index in [1.165, 1.54) is 5.56 Å². The van der Waals surface area contributed by atoms with E-state index in [4.69, 9.17) is 11.6 Å². The van der Waals surface area contributed by atoms with Crippen molar-refractivity contribution in [1.29, 1.82) is 0 Å². The van der Waals surface area contributed by atoms with Gasteiger partial charge in [-0.2, -0.15) is 0 Å². The van der Waals surface area contributed by atoms with Crippen LogP contribution in [0.3, 0.4) is 0 Å². The highest BCUT2D eigenvalue weighted by molar-refractivity contribution is 6.30. The number of hydrogen-bond donors (Lipinski definition) is 1. The number of halogens is 1. The van der Waals surface area contributed by atoms with Gasteiger partial charge in [0.2, 0.25) is 0 Å². The highest BCUT2D eigenvalue weighted by Crippen LogP contribution is 2.11. The zero-order chi connectivity index (χ0) is 12.1.